The zero-order valence-electron chi connectivity index (χ0n) is 13.6. The van der Waals surface area contributed by atoms with Crippen molar-refractivity contribution in [3.05, 3.63) is 91.9 Å². The second-order valence-corrected chi connectivity index (χ2v) is 7.29. The number of anilines is 1. The van der Waals surface area contributed by atoms with Crippen LogP contribution in [0.25, 0.3) is 0 Å². The van der Waals surface area contributed by atoms with Gasteiger partial charge < -0.3 is 10.1 Å². The van der Waals surface area contributed by atoms with E-state index >= 15 is 0 Å². The van der Waals surface area contributed by atoms with Crippen molar-refractivity contribution in [2.45, 2.75) is 13.2 Å². The first-order valence-corrected chi connectivity index (χ1v) is 9.37. The van der Waals surface area contributed by atoms with Gasteiger partial charge in [-0.1, -0.05) is 64.6 Å². The molecular weight excluding hydrogens is 412 g/mol. The summed E-state index contributed by atoms with van der Waals surface area (Å²) in [5.41, 5.74) is 3.00. The summed E-state index contributed by atoms with van der Waals surface area (Å²) in [6, 6.07) is 18.8. The van der Waals surface area contributed by atoms with E-state index in [9.17, 15) is 0 Å². The highest BCUT2D eigenvalue weighted by molar-refractivity contribution is 6.42. The van der Waals surface area contributed by atoms with Gasteiger partial charge in [0.1, 0.15) is 12.4 Å². The standard InChI is InChI=1S/C20H15Cl4NO/c21-17-7-3-14(9-19(17)23)12-26-16-5-1-13(2-6-16)11-25-15-4-8-18(22)20(24)10-15/h1-10,25H,11-12H2. The van der Waals surface area contributed by atoms with Crippen molar-refractivity contribution in [1.29, 1.82) is 0 Å². The molecule has 3 aromatic carbocycles. The van der Waals surface area contributed by atoms with Crippen LogP contribution in [0.2, 0.25) is 20.1 Å². The third kappa shape index (κ3) is 5.21. The minimum atomic E-state index is 0.428. The molecule has 0 heterocycles. The topological polar surface area (TPSA) is 21.3 Å². The highest BCUT2D eigenvalue weighted by Crippen LogP contribution is 2.26. The van der Waals surface area contributed by atoms with Crippen LogP contribution in [0.3, 0.4) is 0 Å². The number of rotatable bonds is 6. The van der Waals surface area contributed by atoms with Crippen LogP contribution >= 0.6 is 46.4 Å². The Balaban J connectivity index is 1.54. The molecule has 2 nitrogen and oxygen atoms in total. The van der Waals surface area contributed by atoms with E-state index in [1.165, 1.54) is 0 Å². The van der Waals surface area contributed by atoms with Crippen LogP contribution in [0.4, 0.5) is 5.69 Å². The Morgan fingerprint density at radius 3 is 1.92 bits per heavy atom. The molecule has 0 fully saturated rings. The zero-order valence-corrected chi connectivity index (χ0v) is 16.6. The summed E-state index contributed by atoms with van der Waals surface area (Å²) in [6.07, 6.45) is 0. The molecule has 0 spiro atoms. The lowest BCUT2D eigenvalue weighted by Gasteiger charge is -2.10. The first kappa shape index (κ1) is 19.2. The highest BCUT2D eigenvalue weighted by Gasteiger charge is 2.02. The fraction of sp³-hybridized carbons (Fsp3) is 0.100. The van der Waals surface area contributed by atoms with E-state index in [1.807, 2.05) is 36.4 Å². The summed E-state index contributed by atoms with van der Waals surface area (Å²) in [7, 11) is 0. The van der Waals surface area contributed by atoms with Crippen molar-refractivity contribution in [3.8, 4) is 5.75 Å². The Morgan fingerprint density at radius 1 is 0.654 bits per heavy atom. The zero-order chi connectivity index (χ0) is 18.5. The van der Waals surface area contributed by atoms with E-state index in [4.69, 9.17) is 51.1 Å². The molecule has 26 heavy (non-hydrogen) atoms. The van der Waals surface area contributed by atoms with E-state index in [2.05, 4.69) is 5.32 Å². The van der Waals surface area contributed by atoms with Gasteiger partial charge in [0, 0.05) is 12.2 Å². The minimum Gasteiger partial charge on any atom is -0.489 e. The van der Waals surface area contributed by atoms with Gasteiger partial charge in [0.2, 0.25) is 0 Å². The van der Waals surface area contributed by atoms with Gasteiger partial charge in [0.25, 0.3) is 0 Å². The molecule has 3 aromatic rings. The van der Waals surface area contributed by atoms with Gasteiger partial charge in [0.05, 0.1) is 20.1 Å². The van der Waals surface area contributed by atoms with Crippen molar-refractivity contribution >= 4 is 52.1 Å². The van der Waals surface area contributed by atoms with Crippen molar-refractivity contribution < 1.29 is 4.74 Å². The maximum atomic E-state index is 6.02. The predicted octanol–water partition coefficient (Wildman–Crippen LogP) is 7.49. The van der Waals surface area contributed by atoms with Gasteiger partial charge in [-0.2, -0.15) is 0 Å². The predicted molar refractivity (Wildman–Crippen MR) is 111 cm³/mol. The molecule has 0 saturated heterocycles. The number of benzene rings is 3. The molecule has 0 amide bonds. The summed E-state index contributed by atoms with van der Waals surface area (Å²) in [5, 5.41) is 5.44. The van der Waals surface area contributed by atoms with Crippen LogP contribution in [-0.2, 0) is 13.2 Å². The van der Waals surface area contributed by atoms with Crippen LogP contribution in [0.1, 0.15) is 11.1 Å². The largest absolute Gasteiger partial charge is 0.489 e. The summed E-state index contributed by atoms with van der Waals surface area (Å²) in [5.74, 6) is 0.786. The molecule has 0 aliphatic rings. The highest BCUT2D eigenvalue weighted by atomic mass is 35.5. The SMILES string of the molecule is Clc1ccc(COc2ccc(CNc3ccc(Cl)c(Cl)c3)cc2)cc1Cl. The van der Waals surface area contributed by atoms with Crippen LogP contribution in [0.5, 0.6) is 5.75 Å². The Hall–Kier alpha value is -1.58. The monoisotopic (exact) mass is 425 g/mol. The second kappa shape index (κ2) is 8.88. The fourth-order valence-electron chi connectivity index (χ4n) is 2.31. The molecule has 1 N–H and O–H groups in total. The third-order valence-corrected chi connectivity index (χ3v) is 5.21. The fourth-order valence-corrected chi connectivity index (χ4v) is 2.93. The summed E-state index contributed by atoms with van der Waals surface area (Å²) >= 11 is 23.9. The molecule has 0 bridgehead atoms. The van der Waals surface area contributed by atoms with E-state index in [0.29, 0.717) is 33.2 Å². The molecule has 0 aliphatic carbocycles. The average molecular weight is 427 g/mol. The van der Waals surface area contributed by atoms with E-state index in [0.717, 1.165) is 22.6 Å². The lowest BCUT2D eigenvalue weighted by Crippen LogP contribution is -2.00. The third-order valence-electron chi connectivity index (χ3n) is 3.73. The Bertz CT molecular complexity index is 822. The molecule has 3 rings (SSSR count). The molecular formula is C20H15Cl4NO. The number of hydrogen-bond donors (Lipinski definition) is 1. The quantitative estimate of drug-likeness (QED) is 0.440. The molecule has 134 valence electrons. The van der Waals surface area contributed by atoms with Crippen LogP contribution in [0, 0.1) is 0 Å². The van der Waals surface area contributed by atoms with Gasteiger partial charge in [-0.3, -0.25) is 0 Å². The maximum absolute atomic E-state index is 6.02. The average Bonchev–Trinajstić information content (AvgIpc) is 2.64. The van der Waals surface area contributed by atoms with Crippen molar-refractivity contribution in [2.75, 3.05) is 5.32 Å². The first-order chi connectivity index (χ1) is 12.5. The van der Waals surface area contributed by atoms with Gasteiger partial charge in [-0.15, -0.1) is 0 Å². The Kier molecular flexibility index (Phi) is 6.55. The number of halogens is 4. The van der Waals surface area contributed by atoms with Gasteiger partial charge in [0.15, 0.2) is 0 Å². The number of hydrogen-bond acceptors (Lipinski definition) is 2. The molecule has 0 radical (unpaired) electrons. The summed E-state index contributed by atoms with van der Waals surface area (Å²) < 4.78 is 5.78. The van der Waals surface area contributed by atoms with E-state index in [-0.39, 0.29) is 0 Å². The van der Waals surface area contributed by atoms with Crippen molar-refractivity contribution in [3.63, 3.8) is 0 Å². The Labute approximate surface area is 172 Å². The molecule has 0 saturated carbocycles. The molecule has 0 atom stereocenters. The Morgan fingerprint density at radius 2 is 1.27 bits per heavy atom. The summed E-state index contributed by atoms with van der Waals surface area (Å²) in [6.45, 7) is 1.10. The van der Waals surface area contributed by atoms with Gasteiger partial charge in [-0.25, -0.2) is 0 Å². The molecule has 0 aromatic heterocycles. The van der Waals surface area contributed by atoms with Gasteiger partial charge >= 0.3 is 0 Å². The van der Waals surface area contributed by atoms with Crippen molar-refractivity contribution in [2.24, 2.45) is 0 Å². The summed E-state index contributed by atoms with van der Waals surface area (Å²) in [4.78, 5) is 0. The lowest BCUT2D eigenvalue weighted by atomic mass is 10.2. The van der Waals surface area contributed by atoms with Crippen LogP contribution in [-0.4, -0.2) is 0 Å². The lowest BCUT2D eigenvalue weighted by molar-refractivity contribution is 0.306. The molecule has 6 heteroatoms. The number of nitrogens with one attached hydrogen (secondary N) is 1. The van der Waals surface area contributed by atoms with Crippen LogP contribution < -0.4 is 10.1 Å². The maximum Gasteiger partial charge on any atom is 0.119 e. The van der Waals surface area contributed by atoms with E-state index in [1.54, 1.807) is 24.3 Å². The first-order valence-electron chi connectivity index (χ1n) is 7.86. The number of ether oxygens (including phenoxy) is 1. The second-order valence-electron chi connectivity index (χ2n) is 5.66. The molecule has 0 aliphatic heterocycles. The van der Waals surface area contributed by atoms with Gasteiger partial charge in [-0.05, 0) is 53.6 Å². The van der Waals surface area contributed by atoms with Crippen LogP contribution in [0.15, 0.2) is 60.7 Å². The minimum absolute atomic E-state index is 0.428. The normalized spacial score (nSPS) is 10.6. The van der Waals surface area contributed by atoms with E-state index < -0.39 is 0 Å². The van der Waals surface area contributed by atoms with Crippen molar-refractivity contribution in [1.82, 2.24) is 0 Å². The molecule has 0 unspecified atom stereocenters. The smallest absolute Gasteiger partial charge is 0.119 e.